The number of rotatable bonds is 5. The second-order valence-electron chi connectivity index (χ2n) is 4.33. The Bertz CT molecular complexity index is 584. The van der Waals surface area contributed by atoms with Gasteiger partial charge in [-0.3, -0.25) is 10.1 Å². The topological polar surface area (TPSA) is 96.3 Å². The Hall–Kier alpha value is -2.83. The Kier molecular flexibility index (Phi) is 4.92. The standard InChI is InChI=1S/C14H16N4O3/c1-10(13(19)16-9-11-5-4-8-21-11)17-14(20)18-12-6-2-3-7-15-12/h2-8,10H,9H2,1H3,(H,16,19)(H2,15,17,18,20)/t10-/m1/s1. The monoisotopic (exact) mass is 288 g/mol. The molecule has 0 spiro atoms. The van der Waals surface area contributed by atoms with E-state index in [1.54, 1.807) is 43.5 Å². The predicted molar refractivity (Wildman–Crippen MR) is 76.4 cm³/mol. The van der Waals surface area contributed by atoms with E-state index in [1.807, 2.05) is 0 Å². The number of nitrogens with zero attached hydrogens (tertiary/aromatic N) is 1. The molecule has 0 aromatic carbocycles. The number of anilines is 1. The zero-order valence-electron chi connectivity index (χ0n) is 11.5. The van der Waals surface area contributed by atoms with E-state index >= 15 is 0 Å². The average molecular weight is 288 g/mol. The van der Waals surface area contributed by atoms with E-state index in [2.05, 4.69) is 20.9 Å². The van der Waals surface area contributed by atoms with Gasteiger partial charge in [-0.05, 0) is 31.2 Å². The Balaban J connectivity index is 1.76. The van der Waals surface area contributed by atoms with Gasteiger partial charge in [0.05, 0.1) is 12.8 Å². The first kappa shape index (κ1) is 14.6. The molecular weight excluding hydrogens is 272 g/mol. The molecule has 3 N–H and O–H groups in total. The molecule has 21 heavy (non-hydrogen) atoms. The van der Waals surface area contributed by atoms with Gasteiger partial charge in [0.2, 0.25) is 5.91 Å². The summed E-state index contributed by atoms with van der Waals surface area (Å²) in [6.45, 7) is 1.87. The summed E-state index contributed by atoms with van der Waals surface area (Å²) in [5.74, 6) is 0.759. The number of nitrogens with one attached hydrogen (secondary N) is 3. The zero-order valence-corrected chi connectivity index (χ0v) is 11.5. The number of pyridine rings is 1. The smallest absolute Gasteiger partial charge is 0.321 e. The lowest BCUT2D eigenvalue weighted by Crippen LogP contribution is -2.46. The number of aromatic nitrogens is 1. The predicted octanol–water partition coefficient (Wildman–Crippen LogP) is 1.50. The molecule has 0 radical (unpaired) electrons. The highest BCUT2D eigenvalue weighted by Gasteiger charge is 2.15. The Morgan fingerprint density at radius 3 is 2.81 bits per heavy atom. The molecule has 0 saturated heterocycles. The highest BCUT2D eigenvalue weighted by molar-refractivity contribution is 5.92. The van der Waals surface area contributed by atoms with Gasteiger partial charge in [0.15, 0.2) is 0 Å². The molecule has 2 aromatic heterocycles. The summed E-state index contributed by atoms with van der Waals surface area (Å²) in [6, 6.07) is 7.48. The normalized spacial score (nSPS) is 11.5. The number of carbonyl (C=O) groups is 2. The molecule has 0 bridgehead atoms. The molecule has 110 valence electrons. The lowest BCUT2D eigenvalue weighted by molar-refractivity contribution is -0.122. The molecule has 3 amide bonds. The van der Waals surface area contributed by atoms with Crippen LogP contribution in [0, 0.1) is 0 Å². The van der Waals surface area contributed by atoms with Crippen molar-refractivity contribution in [3.63, 3.8) is 0 Å². The van der Waals surface area contributed by atoms with Crippen molar-refractivity contribution in [3.8, 4) is 0 Å². The van der Waals surface area contributed by atoms with Crippen LogP contribution >= 0.6 is 0 Å². The summed E-state index contributed by atoms with van der Waals surface area (Å²) in [7, 11) is 0. The largest absolute Gasteiger partial charge is 0.467 e. The van der Waals surface area contributed by atoms with Crippen LogP contribution in [0.3, 0.4) is 0 Å². The number of hydrogen-bond acceptors (Lipinski definition) is 4. The van der Waals surface area contributed by atoms with E-state index in [-0.39, 0.29) is 12.5 Å². The molecular formula is C14H16N4O3. The van der Waals surface area contributed by atoms with Crippen LogP contribution in [0.4, 0.5) is 10.6 Å². The minimum atomic E-state index is -0.677. The fraction of sp³-hybridized carbons (Fsp3) is 0.214. The van der Waals surface area contributed by atoms with E-state index in [0.29, 0.717) is 11.6 Å². The molecule has 1 atom stereocenters. The first-order chi connectivity index (χ1) is 10.1. The molecule has 2 aromatic rings. The van der Waals surface area contributed by atoms with Gasteiger partial charge in [0.25, 0.3) is 0 Å². The van der Waals surface area contributed by atoms with E-state index < -0.39 is 12.1 Å². The van der Waals surface area contributed by atoms with Crippen LogP contribution in [0.2, 0.25) is 0 Å². The Morgan fingerprint density at radius 2 is 2.14 bits per heavy atom. The Morgan fingerprint density at radius 1 is 1.29 bits per heavy atom. The molecule has 2 heterocycles. The quantitative estimate of drug-likeness (QED) is 0.776. The van der Waals surface area contributed by atoms with Gasteiger partial charge >= 0.3 is 6.03 Å². The fourth-order valence-electron chi connectivity index (χ4n) is 1.59. The summed E-state index contributed by atoms with van der Waals surface area (Å²) in [5, 5.41) is 7.73. The van der Waals surface area contributed by atoms with Crippen LogP contribution in [-0.2, 0) is 11.3 Å². The summed E-state index contributed by atoms with van der Waals surface area (Å²) < 4.78 is 5.10. The molecule has 0 fully saturated rings. The number of furan rings is 1. The van der Waals surface area contributed by atoms with Crippen LogP contribution in [0.25, 0.3) is 0 Å². The van der Waals surface area contributed by atoms with E-state index in [1.165, 1.54) is 6.26 Å². The van der Waals surface area contributed by atoms with Crippen molar-refractivity contribution in [1.82, 2.24) is 15.6 Å². The van der Waals surface area contributed by atoms with Gasteiger partial charge < -0.3 is 15.1 Å². The first-order valence-corrected chi connectivity index (χ1v) is 6.44. The second-order valence-corrected chi connectivity index (χ2v) is 4.33. The SMILES string of the molecule is C[C@@H](NC(=O)Nc1ccccn1)C(=O)NCc1ccco1. The molecule has 0 aliphatic heterocycles. The minimum Gasteiger partial charge on any atom is -0.467 e. The summed E-state index contributed by atoms with van der Waals surface area (Å²) in [4.78, 5) is 27.5. The first-order valence-electron chi connectivity index (χ1n) is 6.44. The number of amides is 3. The van der Waals surface area contributed by atoms with Crippen molar-refractivity contribution in [2.45, 2.75) is 19.5 Å². The van der Waals surface area contributed by atoms with Crippen LogP contribution in [0.5, 0.6) is 0 Å². The summed E-state index contributed by atoms with van der Waals surface area (Å²) in [5.41, 5.74) is 0. The summed E-state index contributed by atoms with van der Waals surface area (Å²) >= 11 is 0. The third kappa shape index (κ3) is 4.64. The maximum atomic E-state index is 11.8. The van der Waals surface area contributed by atoms with E-state index in [4.69, 9.17) is 4.42 Å². The van der Waals surface area contributed by atoms with Crippen LogP contribution < -0.4 is 16.0 Å². The van der Waals surface area contributed by atoms with Gasteiger partial charge in [0, 0.05) is 6.20 Å². The molecule has 7 nitrogen and oxygen atoms in total. The number of hydrogen-bond donors (Lipinski definition) is 3. The van der Waals surface area contributed by atoms with Gasteiger partial charge in [-0.1, -0.05) is 6.07 Å². The molecule has 0 aliphatic rings. The van der Waals surface area contributed by atoms with Crippen molar-refractivity contribution in [2.75, 3.05) is 5.32 Å². The highest BCUT2D eigenvalue weighted by Crippen LogP contribution is 2.00. The summed E-state index contributed by atoms with van der Waals surface area (Å²) in [6.07, 6.45) is 3.10. The van der Waals surface area contributed by atoms with Crippen molar-refractivity contribution >= 4 is 17.8 Å². The van der Waals surface area contributed by atoms with Crippen molar-refractivity contribution in [1.29, 1.82) is 0 Å². The second kappa shape index (κ2) is 7.09. The number of carbonyl (C=O) groups excluding carboxylic acids is 2. The van der Waals surface area contributed by atoms with Crippen molar-refractivity contribution < 1.29 is 14.0 Å². The third-order valence-corrected chi connectivity index (χ3v) is 2.66. The molecule has 0 aliphatic carbocycles. The van der Waals surface area contributed by atoms with Crippen molar-refractivity contribution in [2.24, 2.45) is 0 Å². The number of urea groups is 1. The van der Waals surface area contributed by atoms with E-state index in [0.717, 1.165) is 0 Å². The van der Waals surface area contributed by atoms with Gasteiger partial charge in [-0.25, -0.2) is 9.78 Å². The van der Waals surface area contributed by atoms with Crippen LogP contribution in [0.1, 0.15) is 12.7 Å². The minimum absolute atomic E-state index is 0.277. The maximum Gasteiger partial charge on any atom is 0.321 e. The fourth-order valence-corrected chi connectivity index (χ4v) is 1.59. The zero-order chi connectivity index (χ0) is 15.1. The van der Waals surface area contributed by atoms with Gasteiger partial charge in [0.1, 0.15) is 17.6 Å². The third-order valence-electron chi connectivity index (χ3n) is 2.66. The molecule has 0 saturated carbocycles. The van der Waals surface area contributed by atoms with Crippen LogP contribution in [0.15, 0.2) is 47.2 Å². The van der Waals surface area contributed by atoms with Gasteiger partial charge in [-0.15, -0.1) is 0 Å². The van der Waals surface area contributed by atoms with Crippen molar-refractivity contribution in [3.05, 3.63) is 48.6 Å². The average Bonchev–Trinajstić information content (AvgIpc) is 2.98. The van der Waals surface area contributed by atoms with Gasteiger partial charge in [-0.2, -0.15) is 0 Å². The molecule has 0 unspecified atom stereocenters. The van der Waals surface area contributed by atoms with E-state index in [9.17, 15) is 9.59 Å². The molecule has 2 rings (SSSR count). The lowest BCUT2D eigenvalue weighted by atomic mass is 10.3. The maximum absolute atomic E-state index is 11.8. The highest BCUT2D eigenvalue weighted by atomic mass is 16.3. The lowest BCUT2D eigenvalue weighted by Gasteiger charge is -2.14. The molecule has 7 heteroatoms. The van der Waals surface area contributed by atoms with Crippen LogP contribution in [-0.4, -0.2) is 23.0 Å². The Labute approximate surface area is 121 Å².